The molecule has 0 fully saturated rings. The number of amides is 3. The number of nitrogens with one attached hydrogen (secondary N) is 3. The van der Waals surface area contributed by atoms with Crippen LogP contribution in [0.3, 0.4) is 0 Å². The lowest BCUT2D eigenvalue weighted by Crippen LogP contribution is -2.46. The zero-order chi connectivity index (χ0) is 20.5. The van der Waals surface area contributed by atoms with E-state index in [9.17, 15) is 14.4 Å². The molecule has 2 aromatic rings. The Morgan fingerprint density at radius 2 is 1.79 bits per heavy atom. The number of carbonyl (C=O) groups is 3. The fourth-order valence-electron chi connectivity index (χ4n) is 2.18. The molecule has 2 rings (SSSR count). The normalized spacial score (nSPS) is 11.3. The molecular formula is C18H26ClN7O3. The summed E-state index contributed by atoms with van der Waals surface area (Å²) < 4.78 is 1.31. The van der Waals surface area contributed by atoms with Gasteiger partial charge in [0.05, 0.1) is 12.6 Å². The molecule has 0 aliphatic heterocycles. The van der Waals surface area contributed by atoms with Crippen LogP contribution in [0.2, 0.25) is 0 Å². The van der Waals surface area contributed by atoms with Gasteiger partial charge in [0.15, 0.2) is 0 Å². The number of nitrogens with two attached hydrogens (primary N) is 1. The van der Waals surface area contributed by atoms with Crippen molar-refractivity contribution in [2.24, 2.45) is 11.7 Å². The van der Waals surface area contributed by atoms with Crippen molar-refractivity contribution >= 4 is 36.1 Å². The van der Waals surface area contributed by atoms with Gasteiger partial charge in [0.1, 0.15) is 12.9 Å². The molecule has 1 heterocycles. The average molecular weight is 424 g/mol. The highest BCUT2D eigenvalue weighted by molar-refractivity contribution is 5.94. The van der Waals surface area contributed by atoms with E-state index in [1.807, 2.05) is 44.2 Å². The predicted octanol–water partition coefficient (Wildman–Crippen LogP) is 0.0543. The lowest BCUT2D eigenvalue weighted by molar-refractivity contribution is -0.125. The van der Waals surface area contributed by atoms with Crippen molar-refractivity contribution in [2.45, 2.75) is 33.0 Å². The number of anilines is 1. The van der Waals surface area contributed by atoms with Crippen LogP contribution in [0, 0.1) is 5.92 Å². The Kier molecular flexibility index (Phi) is 9.76. The van der Waals surface area contributed by atoms with Gasteiger partial charge in [-0.3, -0.25) is 19.7 Å². The molecular weight excluding hydrogens is 398 g/mol. The minimum absolute atomic E-state index is 0. The van der Waals surface area contributed by atoms with E-state index in [-0.39, 0.29) is 43.3 Å². The number of aromatic nitrogens is 3. The summed E-state index contributed by atoms with van der Waals surface area (Å²) in [7, 11) is 0. The van der Waals surface area contributed by atoms with Crippen molar-refractivity contribution in [1.82, 2.24) is 25.4 Å². The third kappa shape index (κ3) is 8.28. The monoisotopic (exact) mass is 423 g/mol. The van der Waals surface area contributed by atoms with Crippen LogP contribution in [0.15, 0.2) is 36.7 Å². The quantitative estimate of drug-likeness (QED) is 0.448. The van der Waals surface area contributed by atoms with Gasteiger partial charge in [0, 0.05) is 6.54 Å². The van der Waals surface area contributed by atoms with E-state index in [1.165, 1.54) is 11.0 Å². The van der Waals surface area contributed by atoms with Gasteiger partial charge in [-0.15, -0.1) is 17.5 Å². The molecule has 1 aromatic carbocycles. The van der Waals surface area contributed by atoms with Crippen LogP contribution in [0.25, 0.3) is 0 Å². The molecule has 0 aliphatic carbocycles. The Morgan fingerprint density at radius 1 is 1.10 bits per heavy atom. The molecule has 0 saturated carbocycles. The molecule has 0 spiro atoms. The minimum atomic E-state index is -0.681. The maximum atomic E-state index is 12.0. The van der Waals surface area contributed by atoms with Crippen molar-refractivity contribution < 1.29 is 14.4 Å². The summed E-state index contributed by atoms with van der Waals surface area (Å²) in [4.78, 5) is 39.5. The summed E-state index contributed by atoms with van der Waals surface area (Å²) in [5.74, 6) is -1.12. The smallest absolute Gasteiger partial charge is 0.248 e. The largest absolute Gasteiger partial charge is 0.350 e. The molecule has 0 bridgehead atoms. The van der Waals surface area contributed by atoms with E-state index in [1.54, 1.807) is 0 Å². The number of hydrogen-bond donors (Lipinski definition) is 4. The Hall–Kier alpha value is -2.98. The molecule has 0 radical (unpaired) electrons. The van der Waals surface area contributed by atoms with Gasteiger partial charge in [-0.1, -0.05) is 44.2 Å². The zero-order valence-corrected chi connectivity index (χ0v) is 17.1. The van der Waals surface area contributed by atoms with E-state index in [4.69, 9.17) is 5.73 Å². The molecule has 0 aliphatic rings. The predicted molar refractivity (Wildman–Crippen MR) is 110 cm³/mol. The molecule has 29 heavy (non-hydrogen) atoms. The lowest BCUT2D eigenvalue weighted by Gasteiger charge is -2.14. The summed E-state index contributed by atoms with van der Waals surface area (Å²) in [6.07, 6.45) is 1.34. The number of halogens is 1. The molecule has 158 valence electrons. The van der Waals surface area contributed by atoms with Gasteiger partial charge in [-0.2, -0.15) is 0 Å². The van der Waals surface area contributed by atoms with E-state index in [0.717, 1.165) is 5.56 Å². The third-order valence-electron chi connectivity index (χ3n) is 3.87. The first-order valence-electron chi connectivity index (χ1n) is 8.88. The first-order chi connectivity index (χ1) is 13.3. The highest BCUT2D eigenvalue weighted by Crippen LogP contribution is 2.00. The van der Waals surface area contributed by atoms with Gasteiger partial charge in [0.25, 0.3) is 0 Å². The maximum absolute atomic E-state index is 12.0. The summed E-state index contributed by atoms with van der Waals surface area (Å²) in [5.41, 5.74) is 6.69. The van der Waals surface area contributed by atoms with Crippen molar-refractivity contribution in [2.75, 3.05) is 11.9 Å². The molecule has 10 nitrogen and oxygen atoms in total. The van der Waals surface area contributed by atoms with Crippen molar-refractivity contribution in [3.05, 3.63) is 42.2 Å². The molecule has 11 heteroatoms. The standard InChI is InChI=1S/C18H25N7O3.ClH/c1-12(2)16(19)17(28)21-9-14(26)23-18-22-11-25(24-18)10-15(27)20-8-13-6-4-3-5-7-13;/h3-7,11-12,16H,8-10,19H2,1-2H3,(H,20,27)(H,21,28)(H,23,24,26);1H/t16-;/m0./s1. The van der Waals surface area contributed by atoms with Crippen molar-refractivity contribution in [3.63, 3.8) is 0 Å². The summed E-state index contributed by atoms with van der Waals surface area (Å²) in [5, 5.41) is 11.7. The number of rotatable bonds is 9. The first kappa shape index (κ1) is 24.1. The Bertz CT molecular complexity index is 811. The summed E-state index contributed by atoms with van der Waals surface area (Å²) in [6, 6.07) is 8.84. The maximum Gasteiger partial charge on any atom is 0.248 e. The van der Waals surface area contributed by atoms with Crippen LogP contribution in [0.1, 0.15) is 19.4 Å². The van der Waals surface area contributed by atoms with Gasteiger partial charge < -0.3 is 16.4 Å². The average Bonchev–Trinajstić information content (AvgIpc) is 3.11. The number of hydrogen-bond acceptors (Lipinski definition) is 6. The summed E-state index contributed by atoms with van der Waals surface area (Å²) in [6.45, 7) is 3.77. The molecule has 1 atom stereocenters. The Balaban J connectivity index is 0.00000420. The van der Waals surface area contributed by atoms with Gasteiger partial charge in [0.2, 0.25) is 23.7 Å². The Labute approximate surface area is 175 Å². The fourth-order valence-corrected chi connectivity index (χ4v) is 2.18. The Morgan fingerprint density at radius 3 is 2.45 bits per heavy atom. The first-order valence-corrected chi connectivity index (χ1v) is 8.88. The van der Waals surface area contributed by atoms with Crippen molar-refractivity contribution in [3.8, 4) is 0 Å². The molecule has 3 amide bonds. The van der Waals surface area contributed by atoms with E-state index in [2.05, 4.69) is 26.0 Å². The highest BCUT2D eigenvalue weighted by atomic mass is 35.5. The molecule has 0 saturated heterocycles. The second kappa shape index (κ2) is 11.8. The fraction of sp³-hybridized carbons (Fsp3) is 0.389. The van der Waals surface area contributed by atoms with Crippen LogP contribution in [-0.4, -0.2) is 45.1 Å². The summed E-state index contributed by atoms with van der Waals surface area (Å²) >= 11 is 0. The number of nitrogens with zero attached hydrogens (tertiary/aromatic N) is 3. The SMILES string of the molecule is CC(C)[C@H](N)C(=O)NCC(=O)Nc1ncn(CC(=O)NCc2ccccc2)n1.Cl. The second-order valence-corrected chi connectivity index (χ2v) is 6.56. The van der Waals surface area contributed by atoms with Gasteiger partial charge >= 0.3 is 0 Å². The topological polar surface area (TPSA) is 144 Å². The van der Waals surface area contributed by atoms with E-state index >= 15 is 0 Å². The van der Waals surface area contributed by atoms with Crippen LogP contribution in [0.4, 0.5) is 5.95 Å². The molecule has 5 N–H and O–H groups in total. The van der Waals surface area contributed by atoms with Gasteiger partial charge in [-0.25, -0.2) is 9.67 Å². The number of benzene rings is 1. The van der Waals surface area contributed by atoms with Crippen molar-refractivity contribution in [1.29, 1.82) is 0 Å². The minimum Gasteiger partial charge on any atom is -0.350 e. The second-order valence-electron chi connectivity index (χ2n) is 6.56. The van der Waals surface area contributed by atoms with Crippen LogP contribution < -0.4 is 21.7 Å². The van der Waals surface area contributed by atoms with Gasteiger partial charge in [-0.05, 0) is 11.5 Å². The molecule has 0 unspecified atom stereocenters. The highest BCUT2D eigenvalue weighted by Gasteiger charge is 2.18. The molecule has 1 aromatic heterocycles. The van der Waals surface area contributed by atoms with Crippen LogP contribution >= 0.6 is 12.4 Å². The van der Waals surface area contributed by atoms with E-state index in [0.29, 0.717) is 6.54 Å². The van der Waals surface area contributed by atoms with Crippen LogP contribution in [-0.2, 0) is 27.5 Å². The number of carbonyl (C=O) groups excluding carboxylic acids is 3. The lowest BCUT2D eigenvalue weighted by atomic mass is 10.1. The van der Waals surface area contributed by atoms with E-state index < -0.39 is 17.9 Å². The zero-order valence-electron chi connectivity index (χ0n) is 16.3. The third-order valence-corrected chi connectivity index (χ3v) is 3.87. The van der Waals surface area contributed by atoms with Crippen LogP contribution in [0.5, 0.6) is 0 Å².